The molecule has 2 rings (SSSR count). The molecular weight excluding hydrogens is 142 g/mol. The number of nitrogens with one attached hydrogen (secondary N) is 1. The largest absolute Gasteiger partial charge is 0.322 e. The van der Waals surface area contributed by atoms with Gasteiger partial charge in [-0.25, -0.2) is 0 Å². The molecule has 0 unspecified atom stereocenters. The minimum absolute atomic E-state index is 0.00926. The second-order valence-corrected chi connectivity index (χ2v) is 2.03. The highest BCUT2D eigenvalue weighted by molar-refractivity contribution is 6.09. The molecule has 0 atom stereocenters. The van der Waals surface area contributed by atoms with Gasteiger partial charge in [0.15, 0.2) is 0 Å². The number of rotatable bonds is 0. The quantitative estimate of drug-likeness (QED) is 0.561. The van der Waals surface area contributed by atoms with Crippen LogP contribution in [0.1, 0.15) is 10.4 Å². The normalized spacial score (nSPS) is 11.3. The molecule has 11 heavy (non-hydrogen) atoms. The second-order valence-electron chi connectivity index (χ2n) is 2.03. The Labute approximate surface area is 63.3 Å². The number of carbonyl (C=O) groups is 1. The van der Waals surface area contributed by atoms with E-state index < -0.39 is 0 Å². The monoisotopic (exact) mass is 147 g/mol. The number of anilines is 1. The Morgan fingerprint density at radius 2 is 2.00 bits per heavy atom. The summed E-state index contributed by atoms with van der Waals surface area (Å²) in [7, 11) is 0. The molecule has 1 aromatic rings. The van der Waals surface area contributed by atoms with Gasteiger partial charge in [0.1, 0.15) is 0 Å². The summed E-state index contributed by atoms with van der Waals surface area (Å²) in [5.41, 5.74) is 1.66. The van der Waals surface area contributed by atoms with Crippen LogP contribution in [0.4, 0.5) is 5.69 Å². The molecule has 1 heterocycles. The molecule has 1 aliphatic heterocycles. The number of carbonyl (C=O) groups excluding carboxylic acids is 1. The van der Waals surface area contributed by atoms with Gasteiger partial charge in [0, 0.05) is 22.0 Å². The van der Waals surface area contributed by atoms with Gasteiger partial charge in [0.05, 0.1) is 0 Å². The summed E-state index contributed by atoms with van der Waals surface area (Å²) >= 11 is 0. The van der Waals surface area contributed by atoms with E-state index in [0.717, 1.165) is 11.3 Å². The molecule has 0 radical (unpaired) electrons. The van der Waals surface area contributed by atoms with E-state index in [2.05, 4.69) is 5.32 Å². The summed E-state index contributed by atoms with van der Waals surface area (Å²) in [6.07, 6.45) is 0. The zero-order valence-electron chi connectivity index (χ0n) is 5.61. The fourth-order valence-electron chi connectivity index (χ4n) is 0.941. The van der Waals surface area contributed by atoms with E-state index in [9.17, 15) is 4.79 Å². The second kappa shape index (κ2) is 2.80. The van der Waals surface area contributed by atoms with Crippen LogP contribution < -0.4 is 5.32 Å². The Morgan fingerprint density at radius 3 is 2.55 bits per heavy atom. The predicted molar refractivity (Wildman–Crippen MR) is 37.8 cm³/mol. The Balaban J connectivity index is 0.000000281. The van der Waals surface area contributed by atoms with Gasteiger partial charge in [0.2, 0.25) is 0 Å². The first-order valence-corrected chi connectivity index (χ1v) is 2.98. The Hall–Kier alpha value is -1.89. The molecule has 1 aromatic carbocycles. The fourth-order valence-corrected chi connectivity index (χ4v) is 0.941. The standard InChI is InChI=1S/C7H5NO.N2/c9-7-5-2-1-3-6(4-5)8-7;1-2/h1-4H,(H,8,9);. The van der Waals surface area contributed by atoms with Crippen LogP contribution in [0, 0.1) is 10.8 Å². The molecule has 0 spiro atoms. The molecule has 4 heteroatoms. The maximum atomic E-state index is 10.8. The van der Waals surface area contributed by atoms with Crippen LogP contribution in [0.15, 0.2) is 24.3 Å². The third-order valence-corrected chi connectivity index (χ3v) is 1.38. The molecule has 0 saturated carbocycles. The van der Waals surface area contributed by atoms with Crippen LogP contribution in [0.5, 0.6) is 0 Å². The number of hydrogen-bond acceptors (Lipinski definition) is 3. The Kier molecular flexibility index (Phi) is 1.83. The molecule has 0 saturated heterocycles. The molecular formula is C7H5N3O. The summed E-state index contributed by atoms with van der Waals surface area (Å²) in [5.74, 6) is 0.00926. The van der Waals surface area contributed by atoms with Crippen molar-refractivity contribution in [1.82, 2.24) is 0 Å². The van der Waals surface area contributed by atoms with Crippen molar-refractivity contribution in [1.29, 1.82) is 10.8 Å². The SMILES string of the molecule is N#N.O=C1Nc2cccc1c2. The highest BCUT2D eigenvalue weighted by Gasteiger charge is 2.12. The summed E-state index contributed by atoms with van der Waals surface area (Å²) in [5, 5.41) is 14.7. The molecule has 0 aromatic heterocycles. The average Bonchev–Trinajstić information content (AvgIpc) is 2.31. The van der Waals surface area contributed by atoms with Gasteiger partial charge < -0.3 is 5.32 Å². The Bertz CT molecular complexity index is 306. The van der Waals surface area contributed by atoms with Crippen molar-refractivity contribution in [2.45, 2.75) is 0 Å². The maximum absolute atomic E-state index is 10.8. The van der Waals surface area contributed by atoms with E-state index in [-0.39, 0.29) is 5.91 Å². The molecule has 4 nitrogen and oxygen atoms in total. The van der Waals surface area contributed by atoms with Crippen molar-refractivity contribution in [3.05, 3.63) is 29.8 Å². The van der Waals surface area contributed by atoms with Crippen LogP contribution in [0.3, 0.4) is 0 Å². The lowest BCUT2D eigenvalue weighted by atomic mass is 10.2. The summed E-state index contributed by atoms with van der Waals surface area (Å²) in [4.78, 5) is 10.8. The van der Waals surface area contributed by atoms with E-state index in [1.54, 1.807) is 6.07 Å². The van der Waals surface area contributed by atoms with Gasteiger partial charge in [-0.15, -0.1) is 0 Å². The van der Waals surface area contributed by atoms with Crippen LogP contribution >= 0.6 is 0 Å². The van der Waals surface area contributed by atoms with E-state index in [1.165, 1.54) is 0 Å². The first-order valence-electron chi connectivity index (χ1n) is 2.98. The molecule has 2 bridgehead atoms. The zero-order valence-corrected chi connectivity index (χ0v) is 5.61. The lowest BCUT2D eigenvalue weighted by molar-refractivity contribution is 0.103. The number of fused-ring (bicyclic) bond motifs is 2. The molecule has 54 valence electrons. The Morgan fingerprint density at radius 1 is 1.27 bits per heavy atom. The van der Waals surface area contributed by atoms with Gasteiger partial charge in [-0.1, -0.05) is 6.07 Å². The van der Waals surface area contributed by atoms with E-state index >= 15 is 0 Å². The van der Waals surface area contributed by atoms with Crippen LogP contribution in [0.2, 0.25) is 0 Å². The van der Waals surface area contributed by atoms with Gasteiger partial charge in [0.25, 0.3) is 5.91 Å². The highest BCUT2D eigenvalue weighted by atomic mass is 16.1. The fraction of sp³-hybridized carbons (Fsp3) is 0. The van der Waals surface area contributed by atoms with Crippen molar-refractivity contribution < 1.29 is 4.79 Å². The highest BCUT2D eigenvalue weighted by Crippen LogP contribution is 2.17. The van der Waals surface area contributed by atoms with Crippen molar-refractivity contribution in [2.75, 3.05) is 5.32 Å². The lowest BCUT2D eigenvalue weighted by Crippen LogP contribution is -2.02. The van der Waals surface area contributed by atoms with Crippen molar-refractivity contribution >= 4 is 11.6 Å². The van der Waals surface area contributed by atoms with Gasteiger partial charge in [-0.3, -0.25) is 4.79 Å². The van der Waals surface area contributed by atoms with Gasteiger partial charge >= 0.3 is 0 Å². The lowest BCUT2D eigenvalue weighted by Gasteiger charge is -1.86. The number of benzene rings is 1. The molecule has 1 amide bonds. The van der Waals surface area contributed by atoms with E-state index in [4.69, 9.17) is 10.8 Å². The maximum Gasteiger partial charge on any atom is 0.255 e. The molecule has 1 N–H and O–H groups in total. The smallest absolute Gasteiger partial charge is 0.255 e. The first-order chi connectivity index (χ1) is 5.36. The minimum Gasteiger partial charge on any atom is -0.322 e. The summed E-state index contributed by atoms with van der Waals surface area (Å²) < 4.78 is 0. The number of amides is 1. The molecule has 0 fully saturated rings. The van der Waals surface area contributed by atoms with Crippen molar-refractivity contribution in [2.24, 2.45) is 0 Å². The summed E-state index contributed by atoms with van der Waals surface area (Å²) in [6.45, 7) is 0. The topological polar surface area (TPSA) is 76.7 Å². The third-order valence-electron chi connectivity index (χ3n) is 1.38. The first kappa shape index (κ1) is 7.22. The third kappa shape index (κ3) is 1.17. The van der Waals surface area contributed by atoms with Crippen LogP contribution in [-0.2, 0) is 0 Å². The van der Waals surface area contributed by atoms with E-state index in [0.29, 0.717) is 0 Å². The van der Waals surface area contributed by atoms with Gasteiger partial charge in [-0.05, 0) is 18.2 Å². The molecule has 1 aliphatic rings. The van der Waals surface area contributed by atoms with Crippen molar-refractivity contribution in [3.63, 3.8) is 0 Å². The zero-order chi connectivity index (χ0) is 8.27. The molecule has 0 aliphatic carbocycles. The number of nitrogens with zero attached hydrogens (tertiary/aromatic N) is 2. The van der Waals surface area contributed by atoms with Crippen LogP contribution in [-0.4, -0.2) is 5.91 Å². The van der Waals surface area contributed by atoms with Crippen LogP contribution in [0.25, 0.3) is 0 Å². The predicted octanol–water partition coefficient (Wildman–Crippen LogP) is 1.28. The van der Waals surface area contributed by atoms with Crippen molar-refractivity contribution in [3.8, 4) is 0 Å². The van der Waals surface area contributed by atoms with E-state index in [1.807, 2.05) is 18.2 Å². The summed E-state index contributed by atoms with van der Waals surface area (Å²) in [6, 6.07) is 7.37. The minimum atomic E-state index is 0.00926. The number of hydrogen-bond donors (Lipinski definition) is 1. The van der Waals surface area contributed by atoms with Gasteiger partial charge in [-0.2, -0.15) is 0 Å². The average molecular weight is 147 g/mol.